The molecule has 1 aromatic carbocycles. The van der Waals surface area contributed by atoms with E-state index in [0.29, 0.717) is 3.57 Å². The number of halogens is 6. The maximum atomic E-state index is 13.7. The number of amides is 1. The molecule has 0 saturated heterocycles. The summed E-state index contributed by atoms with van der Waals surface area (Å²) in [7, 11) is 1.57. The minimum Gasteiger partial charge on any atom is -0.304 e. The molecule has 0 fully saturated rings. The second-order valence-corrected chi connectivity index (χ2v) is 6.53. The number of aryl methyl sites for hydroxylation is 1. The summed E-state index contributed by atoms with van der Waals surface area (Å²) in [4.78, 5) is 12.2. The lowest BCUT2D eigenvalue weighted by atomic mass is 10.1. The molecule has 0 aliphatic heterocycles. The van der Waals surface area contributed by atoms with Crippen molar-refractivity contribution in [1.29, 1.82) is 0 Å². The van der Waals surface area contributed by atoms with Crippen LogP contribution in [0.4, 0.5) is 27.8 Å². The van der Waals surface area contributed by atoms with Crippen molar-refractivity contribution in [2.24, 2.45) is 7.05 Å². The van der Waals surface area contributed by atoms with E-state index >= 15 is 0 Å². The minimum absolute atomic E-state index is 0.0286. The summed E-state index contributed by atoms with van der Waals surface area (Å²) < 4.78 is 69.9. The molecule has 1 amide bonds. The highest BCUT2D eigenvalue weighted by atomic mass is 127. The Morgan fingerprint density at radius 1 is 1.11 bits per heavy atom. The number of nitrogens with zero attached hydrogens (tertiary/aromatic N) is 4. The molecule has 0 aliphatic rings. The van der Waals surface area contributed by atoms with Crippen molar-refractivity contribution < 1.29 is 26.7 Å². The van der Waals surface area contributed by atoms with Gasteiger partial charge in [-0.15, -0.1) is 0 Å². The van der Waals surface area contributed by atoms with Crippen LogP contribution in [0.3, 0.4) is 0 Å². The molecule has 1 N–H and O–H groups in total. The predicted molar refractivity (Wildman–Crippen MR) is 91.4 cm³/mol. The second-order valence-electron chi connectivity index (χ2n) is 5.37. The van der Waals surface area contributed by atoms with Gasteiger partial charge < -0.3 is 5.32 Å². The van der Waals surface area contributed by atoms with Gasteiger partial charge in [0.15, 0.2) is 29.1 Å². The quantitative estimate of drug-likeness (QED) is 0.261. The van der Waals surface area contributed by atoms with E-state index in [0.717, 1.165) is 4.68 Å². The van der Waals surface area contributed by atoms with Gasteiger partial charge in [0.25, 0.3) is 5.91 Å². The van der Waals surface area contributed by atoms with E-state index in [-0.39, 0.29) is 11.5 Å². The van der Waals surface area contributed by atoms with E-state index in [4.69, 9.17) is 0 Å². The first kappa shape index (κ1) is 19.3. The van der Waals surface area contributed by atoms with Crippen LogP contribution in [0.2, 0.25) is 0 Å². The van der Waals surface area contributed by atoms with Crippen molar-refractivity contribution in [2.45, 2.75) is 6.54 Å². The Bertz CT molecular complexity index is 999. The summed E-state index contributed by atoms with van der Waals surface area (Å²) in [5.74, 6) is -10.7. The molecular weight excluding hydrogens is 488 g/mol. The number of rotatable bonds is 4. The average molecular weight is 497 g/mol. The van der Waals surface area contributed by atoms with Crippen LogP contribution in [0.15, 0.2) is 18.5 Å². The van der Waals surface area contributed by atoms with Gasteiger partial charge in [-0.05, 0) is 22.6 Å². The molecule has 0 saturated carbocycles. The smallest absolute Gasteiger partial charge is 0.276 e. The Morgan fingerprint density at radius 3 is 2.26 bits per heavy atom. The molecule has 142 valence electrons. The maximum Gasteiger partial charge on any atom is 0.276 e. The highest BCUT2D eigenvalue weighted by Gasteiger charge is 2.26. The Hall–Kier alpha value is -2.51. The first-order chi connectivity index (χ1) is 12.7. The molecule has 27 heavy (non-hydrogen) atoms. The fourth-order valence-electron chi connectivity index (χ4n) is 2.31. The first-order valence-corrected chi connectivity index (χ1v) is 8.31. The van der Waals surface area contributed by atoms with Crippen LogP contribution in [-0.4, -0.2) is 25.5 Å². The number of carbonyl (C=O) groups is 1. The molecule has 0 atom stereocenters. The molecular formula is C15H9F5IN5O. The van der Waals surface area contributed by atoms with Crippen LogP contribution >= 0.6 is 22.6 Å². The van der Waals surface area contributed by atoms with E-state index in [9.17, 15) is 26.7 Å². The second kappa shape index (κ2) is 7.25. The third kappa shape index (κ3) is 3.52. The van der Waals surface area contributed by atoms with Crippen molar-refractivity contribution in [1.82, 2.24) is 19.6 Å². The van der Waals surface area contributed by atoms with Gasteiger partial charge in [0.05, 0.1) is 21.9 Å². The van der Waals surface area contributed by atoms with Crippen molar-refractivity contribution in [3.8, 4) is 0 Å². The average Bonchev–Trinajstić information content (AvgIpc) is 3.21. The summed E-state index contributed by atoms with van der Waals surface area (Å²) in [6.45, 7) is -0.717. The fourth-order valence-corrected chi connectivity index (χ4v) is 3.03. The SMILES string of the molecule is Cn1ncc(I)c1C(=O)Nc1ccn(Cc2c(F)c(F)c(F)c(F)c2F)n1. The molecule has 2 aromatic heterocycles. The third-order valence-corrected chi connectivity index (χ3v) is 4.40. The Kier molecular flexibility index (Phi) is 5.17. The lowest BCUT2D eigenvalue weighted by molar-refractivity contribution is 0.101. The highest BCUT2D eigenvalue weighted by Crippen LogP contribution is 2.24. The van der Waals surface area contributed by atoms with Gasteiger partial charge in [-0.25, -0.2) is 22.0 Å². The summed E-state index contributed by atoms with van der Waals surface area (Å²) >= 11 is 1.92. The molecule has 0 spiro atoms. The summed E-state index contributed by atoms with van der Waals surface area (Å²) in [6.07, 6.45) is 2.71. The highest BCUT2D eigenvalue weighted by molar-refractivity contribution is 14.1. The zero-order valence-corrected chi connectivity index (χ0v) is 15.6. The minimum atomic E-state index is -2.23. The fraction of sp³-hybridized carbons (Fsp3) is 0.133. The molecule has 2 heterocycles. The number of carbonyl (C=O) groups excluding carboxylic acids is 1. The van der Waals surface area contributed by atoms with E-state index < -0.39 is 47.1 Å². The van der Waals surface area contributed by atoms with Crippen LogP contribution in [0, 0.1) is 32.7 Å². The normalized spacial score (nSPS) is 11.1. The molecule has 0 unspecified atom stereocenters. The molecule has 0 radical (unpaired) electrons. The zero-order valence-electron chi connectivity index (χ0n) is 13.4. The predicted octanol–water partition coefficient (Wildman–Crippen LogP) is 3.22. The molecule has 3 rings (SSSR count). The number of hydrogen-bond acceptors (Lipinski definition) is 3. The number of hydrogen-bond donors (Lipinski definition) is 1. The number of nitrogens with one attached hydrogen (secondary N) is 1. The molecule has 3 aromatic rings. The van der Waals surface area contributed by atoms with E-state index in [1.165, 1.54) is 23.1 Å². The summed E-state index contributed by atoms with van der Waals surface area (Å²) in [6, 6.07) is 1.31. The van der Waals surface area contributed by atoms with Crippen LogP contribution < -0.4 is 5.32 Å². The Labute approximate surface area is 162 Å². The Balaban J connectivity index is 1.83. The summed E-state index contributed by atoms with van der Waals surface area (Å²) in [5, 5.41) is 10.2. The Morgan fingerprint density at radius 2 is 1.70 bits per heavy atom. The maximum absolute atomic E-state index is 13.7. The number of aromatic nitrogens is 4. The van der Waals surface area contributed by atoms with Crippen molar-refractivity contribution in [2.75, 3.05) is 5.32 Å². The first-order valence-electron chi connectivity index (χ1n) is 7.23. The lowest BCUT2D eigenvalue weighted by Gasteiger charge is -2.08. The van der Waals surface area contributed by atoms with E-state index in [1.54, 1.807) is 7.05 Å². The van der Waals surface area contributed by atoms with Gasteiger partial charge >= 0.3 is 0 Å². The van der Waals surface area contributed by atoms with E-state index in [2.05, 4.69) is 15.5 Å². The molecule has 0 bridgehead atoms. The summed E-state index contributed by atoms with van der Waals surface area (Å²) in [5.41, 5.74) is -0.765. The lowest BCUT2D eigenvalue weighted by Crippen LogP contribution is -2.18. The van der Waals surface area contributed by atoms with Crippen LogP contribution in [0.5, 0.6) is 0 Å². The van der Waals surface area contributed by atoms with Crippen LogP contribution in [0.25, 0.3) is 0 Å². The van der Waals surface area contributed by atoms with Crippen molar-refractivity contribution in [3.05, 3.63) is 62.4 Å². The monoisotopic (exact) mass is 497 g/mol. The van der Waals surface area contributed by atoms with Crippen LogP contribution in [-0.2, 0) is 13.6 Å². The molecule has 12 heteroatoms. The zero-order chi connectivity index (χ0) is 19.9. The largest absolute Gasteiger partial charge is 0.304 e. The number of anilines is 1. The van der Waals surface area contributed by atoms with Gasteiger partial charge in [0, 0.05) is 19.3 Å². The van der Waals surface area contributed by atoms with Crippen molar-refractivity contribution in [3.63, 3.8) is 0 Å². The van der Waals surface area contributed by atoms with Crippen molar-refractivity contribution >= 4 is 34.3 Å². The number of benzene rings is 1. The van der Waals surface area contributed by atoms with Gasteiger partial charge in [-0.2, -0.15) is 10.2 Å². The topological polar surface area (TPSA) is 64.7 Å². The van der Waals surface area contributed by atoms with Gasteiger partial charge in [-0.3, -0.25) is 14.2 Å². The molecule has 0 aliphatic carbocycles. The van der Waals surface area contributed by atoms with Gasteiger partial charge in [0.1, 0.15) is 5.69 Å². The third-order valence-electron chi connectivity index (χ3n) is 3.61. The van der Waals surface area contributed by atoms with Gasteiger partial charge in [0.2, 0.25) is 5.82 Å². The van der Waals surface area contributed by atoms with Crippen LogP contribution in [0.1, 0.15) is 16.1 Å². The molecule has 6 nitrogen and oxygen atoms in total. The van der Waals surface area contributed by atoms with E-state index in [1.807, 2.05) is 22.6 Å². The van der Waals surface area contributed by atoms with Gasteiger partial charge in [-0.1, -0.05) is 0 Å². The standard InChI is InChI=1S/C15H9F5IN5O/c1-25-14(7(21)4-22-25)15(27)23-8-2-3-26(24-8)5-6-9(16)11(18)13(20)12(19)10(6)17/h2-4H,5H2,1H3,(H,23,24,27).